The molecular weight excluding hydrogens is 214 g/mol. The number of nitrogens with zero attached hydrogens (tertiary/aromatic N) is 2. The maximum atomic E-state index is 5.38. The van der Waals surface area contributed by atoms with Crippen molar-refractivity contribution in [3.05, 3.63) is 24.0 Å². The number of aromatic nitrogens is 1. The summed E-state index contributed by atoms with van der Waals surface area (Å²) in [6, 6.07) is 4.36. The van der Waals surface area contributed by atoms with Gasteiger partial charge in [0.05, 0.1) is 13.2 Å². The molecule has 4 heteroatoms. The Hall–Kier alpha value is -1.13. The highest BCUT2D eigenvalue weighted by Gasteiger charge is 2.19. The Balaban J connectivity index is 1.77. The summed E-state index contributed by atoms with van der Waals surface area (Å²) in [7, 11) is 0. The van der Waals surface area contributed by atoms with Gasteiger partial charge < -0.3 is 15.0 Å². The van der Waals surface area contributed by atoms with Gasteiger partial charge in [-0.1, -0.05) is 0 Å². The highest BCUT2D eigenvalue weighted by molar-refractivity contribution is 5.47. The number of nitrogens with one attached hydrogen (secondary N) is 1. The summed E-state index contributed by atoms with van der Waals surface area (Å²) < 4.78 is 5.38. The van der Waals surface area contributed by atoms with Gasteiger partial charge in [-0.15, -0.1) is 0 Å². The molecule has 0 saturated carbocycles. The Morgan fingerprint density at radius 3 is 3.00 bits per heavy atom. The van der Waals surface area contributed by atoms with Gasteiger partial charge in [-0.05, 0) is 25.1 Å². The number of hydrogen-bond donors (Lipinski definition) is 1. The Labute approximate surface area is 102 Å². The van der Waals surface area contributed by atoms with Crippen molar-refractivity contribution in [3.63, 3.8) is 0 Å². The van der Waals surface area contributed by atoms with Crippen LogP contribution in [-0.2, 0) is 4.74 Å². The Morgan fingerprint density at radius 1 is 1.35 bits per heavy atom. The van der Waals surface area contributed by atoms with Crippen LogP contribution in [0.2, 0.25) is 0 Å². The van der Waals surface area contributed by atoms with Crippen molar-refractivity contribution < 1.29 is 4.74 Å². The van der Waals surface area contributed by atoms with E-state index in [0.717, 1.165) is 39.4 Å². The molecule has 2 fully saturated rings. The van der Waals surface area contributed by atoms with E-state index >= 15 is 0 Å². The van der Waals surface area contributed by atoms with Gasteiger partial charge in [0, 0.05) is 43.1 Å². The van der Waals surface area contributed by atoms with Crippen molar-refractivity contribution in [2.45, 2.75) is 12.3 Å². The molecule has 1 aromatic rings. The van der Waals surface area contributed by atoms with Gasteiger partial charge in [-0.2, -0.15) is 0 Å². The average molecular weight is 233 g/mol. The second-order valence-electron chi connectivity index (χ2n) is 4.73. The predicted molar refractivity (Wildman–Crippen MR) is 67.5 cm³/mol. The lowest BCUT2D eigenvalue weighted by Gasteiger charge is -2.29. The average Bonchev–Trinajstić information content (AvgIpc) is 2.94. The normalized spacial score (nSPS) is 25.2. The van der Waals surface area contributed by atoms with Crippen molar-refractivity contribution in [2.24, 2.45) is 0 Å². The first kappa shape index (κ1) is 11.0. The van der Waals surface area contributed by atoms with Crippen LogP contribution >= 0.6 is 0 Å². The van der Waals surface area contributed by atoms with Gasteiger partial charge in [0.25, 0.3) is 0 Å². The van der Waals surface area contributed by atoms with E-state index in [-0.39, 0.29) is 0 Å². The number of anilines is 1. The molecule has 0 aliphatic carbocycles. The van der Waals surface area contributed by atoms with Gasteiger partial charge in [0.1, 0.15) is 0 Å². The van der Waals surface area contributed by atoms with Crippen LogP contribution in [-0.4, -0.2) is 44.4 Å². The molecule has 2 aliphatic heterocycles. The lowest BCUT2D eigenvalue weighted by molar-refractivity contribution is 0.122. The third-order valence-electron chi connectivity index (χ3n) is 3.62. The van der Waals surface area contributed by atoms with Crippen LogP contribution in [0.1, 0.15) is 18.0 Å². The summed E-state index contributed by atoms with van der Waals surface area (Å²) in [5, 5.41) is 3.40. The summed E-state index contributed by atoms with van der Waals surface area (Å²) in [4.78, 5) is 6.90. The van der Waals surface area contributed by atoms with Gasteiger partial charge in [0.15, 0.2) is 0 Å². The largest absolute Gasteiger partial charge is 0.378 e. The van der Waals surface area contributed by atoms with Gasteiger partial charge >= 0.3 is 0 Å². The zero-order chi connectivity index (χ0) is 11.5. The van der Waals surface area contributed by atoms with E-state index in [1.807, 2.05) is 6.20 Å². The van der Waals surface area contributed by atoms with Crippen molar-refractivity contribution in [1.29, 1.82) is 0 Å². The fourth-order valence-electron chi connectivity index (χ4n) is 2.59. The molecule has 0 radical (unpaired) electrons. The fraction of sp³-hybridized carbons (Fsp3) is 0.615. The first-order valence-corrected chi connectivity index (χ1v) is 6.43. The summed E-state index contributed by atoms with van der Waals surface area (Å²) in [5.74, 6) is 0.594. The third-order valence-corrected chi connectivity index (χ3v) is 3.62. The molecule has 1 atom stereocenters. The zero-order valence-corrected chi connectivity index (χ0v) is 10.1. The summed E-state index contributed by atoms with van der Waals surface area (Å²) >= 11 is 0. The quantitative estimate of drug-likeness (QED) is 0.827. The van der Waals surface area contributed by atoms with Crippen LogP contribution in [0.25, 0.3) is 0 Å². The second-order valence-corrected chi connectivity index (χ2v) is 4.73. The van der Waals surface area contributed by atoms with Crippen LogP contribution < -0.4 is 10.2 Å². The van der Waals surface area contributed by atoms with E-state index in [4.69, 9.17) is 4.74 Å². The van der Waals surface area contributed by atoms with E-state index in [9.17, 15) is 0 Å². The molecule has 0 spiro atoms. The van der Waals surface area contributed by atoms with Crippen molar-refractivity contribution in [3.8, 4) is 0 Å². The molecule has 17 heavy (non-hydrogen) atoms. The number of rotatable bonds is 2. The topological polar surface area (TPSA) is 37.4 Å². The van der Waals surface area contributed by atoms with Crippen molar-refractivity contribution in [2.75, 3.05) is 44.3 Å². The predicted octanol–water partition coefficient (Wildman–Crippen LogP) is 0.995. The van der Waals surface area contributed by atoms with Crippen molar-refractivity contribution in [1.82, 2.24) is 10.3 Å². The highest BCUT2D eigenvalue weighted by atomic mass is 16.5. The SMILES string of the molecule is c1cc(N2CCOCC2)cc(C2CCNC2)n1. The van der Waals surface area contributed by atoms with E-state index in [2.05, 4.69) is 27.3 Å². The first-order chi connectivity index (χ1) is 8.43. The third kappa shape index (κ3) is 2.42. The molecule has 1 aromatic heterocycles. The van der Waals surface area contributed by atoms with E-state index < -0.39 is 0 Å². The summed E-state index contributed by atoms with van der Waals surface area (Å²) in [5.41, 5.74) is 2.53. The monoisotopic (exact) mass is 233 g/mol. The van der Waals surface area contributed by atoms with Gasteiger partial charge in [0.2, 0.25) is 0 Å². The molecule has 2 aliphatic rings. The molecule has 0 aromatic carbocycles. The lowest BCUT2D eigenvalue weighted by Crippen LogP contribution is -2.36. The number of hydrogen-bond acceptors (Lipinski definition) is 4. The van der Waals surface area contributed by atoms with Crippen molar-refractivity contribution >= 4 is 5.69 Å². The standard InChI is InChI=1S/C13H19N3O/c1-3-14-10-11(1)13-9-12(2-4-15-13)16-5-7-17-8-6-16/h2,4,9,11,14H,1,3,5-8,10H2. The lowest BCUT2D eigenvalue weighted by atomic mass is 10.0. The molecule has 0 amide bonds. The van der Waals surface area contributed by atoms with E-state index in [0.29, 0.717) is 5.92 Å². The van der Waals surface area contributed by atoms with Crippen LogP contribution in [0, 0.1) is 0 Å². The number of morpholine rings is 1. The summed E-state index contributed by atoms with van der Waals surface area (Å²) in [6.45, 7) is 5.84. The maximum absolute atomic E-state index is 5.38. The van der Waals surface area contributed by atoms with Crippen LogP contribution in [0.4, 0.5) is 5.69 Å². The van der Waals surface area contributed by atoms with Crippen LogP contribution in [0.5, 0.6) is 0 Å². The number of ether oxygens (including phenoxy) is 1. The van der Waals surface area contributed by atoms with E-state index in [1.54, 1.807) is 0 Å². The zero-order valence-electron chi connectivity index (χ0n) is 10.1. The Morgan fingerprint density at radius 2 is 2.24 bits per heavy atom. The molecule has 1 unspecified atom stereocenters. The molecule has 3 heterocycles. The van der Waals surface area contributed by atoms with Gasteiger partial charge in [-0.25, -0.2) is 0 Å². The summed E-state index contributed by atoms with van der Waals surface area (Å²) in [6.07, 6.45) is 3.15. The van der Waals surface area contributed by atoms with Gasteiger partial charge in [-0.3, -0.25) is 4.98 Å². The minimum atomic E-state index is 0.594. The molecule has 92 valence electrons. The minimum absolute atomic E-state index is 0.594. The van der Waals surface area contributed by atoms with Crippen LogP contribution in [0.3, 0.4) is 0 Å². The molecule has 1 N–H and O–H groups in total. The second kappa shape index (κ2) is 5.02. The Bertz CT molecular complexity index is 371. The van der Waals surface area contributed by atoms with Crippen LogP contribution in [0.15, 0.2) is 18.3 Å². The highest BCUT2D eigenvalue weighted by Crippen LogP contribution is 2.24. The molecule has 4 nitrogen and oxygen atoms in total. The number of pyridine rings is 1. The molecular formula is C13H19N3O. The van der Waals surface area contributed by atoms with E-state index in [1.165, 1.54) is 17.8 Å². The smallest absolute Gasteiger partial charge is 0.0642 e. The fourth-order valence-corrected chi connectivity index (χ4v) is 2.59. The molecule has 0 bridgehead atoms. The molecule has 3 rings (SSSR count). The maximum Gasteiger partial charge on any atom is 0.0642 e. The first-order valence-electron chi connectivity index (χ1n) is 6.43. The molecule has 2 saturated heterocycles. The minimum Gasteiger partial charge on any atom is -0.378 e. The Kier molecular flexibility index (Phi) is 3.25.